The zero-order valence-corrected chi connectivity index (χ0v) is 13.6. The standard InChI is InChI=1S/C11H11Cl3N2O4S/c12-6-2-1-3-8(6)15-21(19,20)9-5-4-7(13)11(10(9)14)16(17)18/h4-6,8,15H,1-3H2. The van der Waals surface area contributed by atoms with Crippen LogP contribution in [0.5, 0.6) is 0 Å². The third kappa shape index (κ3) is 3.43. The van der Waals surface area contributed by atoms with E-state index in [9.17, 15) is 18.5 Å². The van der Waals surface area contributed by atoms with Gasteiger partial charge in [-0.05, 0) is 25.0 Å². The number of hydrogen-bond acceptors (Lipinski definition) is 4. The predicted octanol–water partition coefficient (Wildman–Crippen LogP) is 3.34. The van der Waals surface area contributed by atoms with Crippen molar-refractivity contribution in [2.24, 2.45) is 0 Å². The molecule has 0 saturated heterocycles. The van der Waals surface area contributed by atoms with Gasteiger partial charge in [0, 0.05) is 11.4 Å². The minimum absolute atomic E-state index is 0.222. The second kappa shape index (κ2) is 6.26. The summed E-state index contributed by atoms with van der Waals surface area (Å²) >= 11 is 17.5. The van der Waals surface area contributed by atoms with Crippen molar-refractivity contribution in [2.45, 2.75) is 35.6 Å². The van der Waals surface area contributed by atoms with Crippen molar-refractivity contribution in [3.05, 3.63) is 32.3 Å². The third-order valence-corrected chi connectivity index (χ3v) is 6.10. The van der Waals surface area contributed by atoms with Crippen LogP contribution < -0.4 is 4.72 Å². The summed E-state index contributed by atoms with van der Waals surface area (Å²) in [5.74, 6) is 0. The number of nitro benzene ring substituents is 1. The van der Waals surface area contributed by atoms with Crippen molar-refractivity contribution >= 4 is 50.5 Å². The summed E-state index contributed by atoms with van der Waals surface area (Å²) in [5.41, 5.74) is -0.630. The third-order valence-electron chi connectivity index (χ3n) is 3.24. The minimum atomic E-state index is -4.01. The van der Waals surface area contributed by atoms with E-state index < -0.39 is 31.7 Å². The summed E-state index contributed by atoms with van der Waals surface area (Å²) in [6, 6.07) is 1.85. The number of benzene rings is 1. The Kier molecular flexibility index (Phi) is 4.99. The quantitative estimate of drug-likeness (QED) is 0.498. The second-order valence-electron chi connectivity index (χ2n) is 4.64. The molecule has 0 heterocycles. The van der Waals surface area contributed by atoms with E-state index >= 15 is 0 Å². The van der Waals surface area contributed by atoms with Crippen molar-refractivity contribution in [3.63, 3.8) is 0 Å². The van der Waals surface area contributed by atoms with Crippen LogP contribution in [0.1, 0.15) is 19.3 Å². The monoisotopic (exact) mass is 372 g/mol. The molecule has 0 aliphatic heterocycles. The number of hydrogen-bond donors (Lipinski definition) is 1. The summed E-state index contributed by atoms with van der Waals surface area (Å²) < 4.78 is 27.1. The number of sulfonamides is 1. The maximum absolute atomic E-state index is 12.3. The number of alkyl halides is 1. The highest BCUT2D eigenvalue weighted by Crippen LogP contribution is 2.37. The van der Waals surface area contributed by atoms with Crippen molar-refractivity contribution in [1.82, 2.24) is 4.72 Å². The molecule has 6 nitrogen and oxygen atoms in total. The smallest absolute Gasteiger partial charge is 0.258 e. The molecule has 2 rings (SSSR count). The first-order valence-corrected chi connectivity index (χ1v) is 8.70. The van der Waals surface area contributed by atoms with Crippen LogP contribution in [0, 0.1) is 10.1 Å². The Bertz CT molecular complexity index is 680. The normalized spacial score (nSPS) is 22.4. The Morgan fingerprint density at radius 1 is 1.29 bits per heavy atom. The summed E-state index contributed by atoms with van der Waals surface area (Å²) in [6.07, 6.45) is 2.14. The van der Waals surface area contributed by atoms with Gasteiger partial charge in [0.2, 0.25) is 10.0 Å². The molecule has 1 fully saturated rings. The molecule has 2 atom stereocenters. The Labute approximate surface area is 136 Å². The molecule has 10 heteroatoms. The molecule has 1 aliphatic rings. The van der Waals surface area contributed by atoms with Gasteiger partial charge in [-0.3, -0.25) is 10.1 Å². The Hall–Kier alpha value is -0.600. The molecule has 116 valence electrons. The summed E-state index contributed by atoms with van der Waals surface area (Å²) in [7, 11) is -4.01. The average Bonchev–Trinajstić information content (AvgIpc) is 2.73. The molecule has 0 spiro atoms. The molecule has 0 bridgehead atoms. The molecular weight excluding hydrogens is 363 g/mol. The highest BCUT2D eigenvalue weighted by molar-refractivity contribution is 7.89. The molecule has 1 aromatic rings. The number of nitro groups is 1. The van der Waals surface area contributed by atoms with Crippen LogP contribution in [0.2, 0.25) is 10.0 Å². The van der Waals surface area contributed by atoms with Crippen LogP contribution in [-0.4, -0.2) is 24.8 Å². The lowest BCUT2D eigenvalue weighted by Crippen LogP contribution is -2.37. The summed E-state index contributed by atoms with van der Waals surface area (Å²) in [5, 5.41) is 9.88. The fourth-order valence-corrected chi connectivity index (χ4v) is 4.83. The SMILES string of the molecule is O=[N+]([O-])c1c(Cl)ccc(S(=O)(=O)NC2CCCC2Cl)c1Cl. The van der Waals surface area contributed by atoms with Crippen LogP contribution in [-0.2, 0) is 10.0 Å². The van der Waals surface area contributed by atoms with Gasteiger partial charge in [0.1, 0.15) is 14.9 Å². The molecule has 1 saturated carbocycles. The molecular formula is C11H11Cl3N2O4S. The van der Waals surface area contributed by atoms with Gasteiger partial charge in [0.05, 0.1) is 4.92 Å². The molecule has 1 aliphatic carbocycles. The maximum atomic E-state index is 12.3. The Morgan fingerprint density at radius 2 is 1.95 bits per heavy atom. The fraction of sp³-hybridized carbons (Fsp3) is 0.455. The van der Waals surface area contributed by atoms with E-state index in [1.54, 1.807) is 0 Å². The van der Waals surface area contributed by atoms with Gasteiger partial charge < -0.3 is 0 Å². The Morgan fingerprint density at radius 3 is 2.48 bits per heavy atom. The van der Waals surface area contributed by atoms with E-state index in [1.165, 1.54) is 0 Å². The van der Waals surface area contributed by atoms with Crippen LogP contribution in [0.25, 0.3) is 0 Å². The van der Waals surface area contributed by atoms with Crippen LogP contribution in [0.4, 0.5) is 5.69 Å². The number of nitrogens with one attached hydrogen (secondary N) is 1. The van der Waals surface area contributed by atoms with E-state index in [4.69, 9.17) is 34.8 Å². The zero-order valence-electron chi connectivity index (χ0n) is 10.6. The average molecular weight is 374 g/mol. The van der Waals surface area contributed by atoms with Crippen molar-refractivity contribution < 1.29 is 13.3 Å². The molecule has 1 N–H and O–H groups in total. The van der Waals surface area contributed by atoms with E-state index in [-0.39, 0.29) is 15.3 Å². The van der Waals surface area contributed by atoms with E-state index in [0.717, 1.165) is 18.6 Å². The lowest BCUT2D eigenvalue weighted by molar-refractivity contribution is -0.384. The molecule has 0 amide bonds. The van der Waals surface area contributed by atoms with Gasteiger partial charge in [0.25, 0.3) is 0 Å². The first-order chi connectivity index (χ1) is 9.74. The second-order valence-corrected chi connectivity index (χ2v) is 7.67. The van der Waals surface area contributed by atoms with E-state index in [2.05, 4.69) is 4.72 Å². The number of halogens is 3. The number of rotatable bonds is 4. The van der Waals surface area contributed by atoms with Crippen LogP contribution >= 0.6 is 34.8 Å². The van der Waals surface area contributed by atoms with Crippen molar-refractivity contribution in [1.29, 1.82) is 0 Å². The van der Waals surface area contributed by atoms with Gasteiger partial charge >= 0.3 is 5.69 Å². The first-order valence-electron chi connectivity index (χ1n) is 6.03. The molecule has 1 aromatic carbocycles. The van der Waals surface area contributed by atoms with Gasteiger partial charge in [0.15, 0.2) is 0 Å². The lowest BCUT2D eigenvalue weighted by Gasteiger charge is -2.16. The topological polar surface area (TPSA) is 89.3 Å². The minimum Gasteiger partial charge on any atom is -0.258 e. The van der Waals surface area contributed by atoms with E-state index in [1.807, 2.05) is 0 Å². The van der Waals surface area contributed by atoms with Crippen molar-refractivity contribution in [3.8, 4) is 0 Å². The largest absolute Gasteiger partial charge is 0.307 e. The zero-order chi connectivity index (χ0) is 15.8. The van der Waals surface area contributed by atoms with Gasteiger partial charge in [-0.15, -0.1) is 11.6 Å². The lowest BCUT2D eigenvalue weighted by atomic mass is 10.3. The summed E-state index contributed by atoms with van der Waals surface area (Å²) in [6.45, 7) is 0. The van der Waals surface area contributed by atoms with Gasteiger partial charge in [-0.25, -0.2) is 13.1 Å². The molecule has 0 radical (unpaired) electrons. The van der Waals surface area contributed by atoms with Gasteiger partial charge in [-0.1, -0.05) is 29.6 Å². The highest BCUT2D eigenvalue weighted by atomic mass is 35.5. The van der Waals surface area contributed by atoms with Crippen molar-refractivity contribution in [2.75, 3.05) is 0 Å². The maximum Gasteiger partial charge on any atom is 0.307 e. The highest BCUT2D eigenvalue weighted by Gasteiger charge is 2.33. The van der Waals surface area contributed by atoms with Crippen LogP contribution in [0.3, 0.4) is 0 Å². The summed E-state index contributed by atoms with van der Waals surface area (Å²) in [4.78, 5) is 9.72. The van der Waals surface area contributed by atoms with E-state index in [0.29, 0.717) is 12.8 Å². The van der Waals surface area contributed by atoms with Crippen LogP contribution in [0.15, 0.2) is 17.0 Å². The Balaban J connectivity index is 2.41. The van der Waals surface area contributed by atoms with Gasteiger partial charge in [-0.2, -0.15) is 0 Å². The first kappa shape index (κ1) is 16.8. The fourth-order valence-electron chi connectivity index (χ4n) is 2.21. The molecule has 21 heavy (non-hydrogen) atoms. The molecule has 0 aromatic heterocycles. The number of nitrogens with zero attached hydrogens (tertiary/aromatic N) is 1. The molecule has 2 unspecified atom stereocenters. The predicted molar refractivity (Wildman–Crippen MR) is 80.7 cm³/mol.